The van der Waals surface area contributed by atoms with Gasteiger partial charge in [0, 0.05) is 17.5 Å². The van der Waals surface area contributed by atoms with Crippen molar-refractivity contribution in [3.63, 3.8) is 0 Å². The molecule has 4 rings (SSSR count). The molecule has 0 radical (unpaired) electrons. The van der Waals surface area contributed by atoms with Crippen LogP contribution >= 0.6 is 0 Å². The second-order valence-electron chi connectivity index (χ2n) is 8.16. The molecule has 0 aromatic heterocycles. The van der Waals surface area contributed by atoms with E-state index in [9.17, 15) is 9.59 Å². The number of benzene rings is 2. The Kier molecular flexibility index (Phi) is 3.00. The van der Waals surface area contributed by atoms with Crippen molar-refractivity contribution in [3.05, 3.63) is 42.5 Å². The van der Waals surface area contributed by atoms with Gasteiger partial charge in [0.2, 0.25) is 5.91 Å². The van der Waals surface area contributed by atoms with E-state index in [0.29, 0.717) is 6.42 Å². The molecule has 2 aromatic carbocycles. The molecule has 3 heteroatoms. The molecule has 24 heavy (non-hydrogen) atoms. The van der Waals surface area contributed by atoms with E-state index in [1.807, 2.05) is 43.3 Å². The Morgan fingerprint density at radius 2 is 1.71 bits per heavy atom. The lowest BCUT2D eigenvalue weighted by molar-refractivity contribution is -0.131. The lowest BCUT2D eigenvalue weighted by Gasteiger charge is -2.38. The fourth-order valence-corrected chi connectivity index (χ4v) is 4.88. The molecule has 1 amide bonds. The van der Waals surface area contributed by atoms with Crippen molar-refractivity contribution in [2.75, 3.05) is 5.32 Å². The number of hydrogen-bond acceptors (Lipinski definition) is 2. The topological polar surface area (TPSA) is 46.2 Å². The number of nitrogens with one attached hydrogen (secondary N) is 1. The van der Waals surface area contributed by atoms with Gasteiger partial charge in [0.1, 0.15) is 5.78 Å². The third-order valence-electron chi connectivity index (χ3n) is 7.15. The molecule has 0 heterocycles. The van der Waals surface area contributed by atoms with Gasteiger partial charge in [0.25, 0.3) is 0 Å². The Morgan fingerprint density at radius 1 is 1.00 bits per heavy atom. The van der Waals surface area contributed by atoms with Crippen LogP contribution < -0.4 is 5.32 Å². The van der Waals surface area contributed by atoms with Gasteiger partial charge in [-0.1, -0.05) is 51.1 Å². The Hall–Kier alpha value is -2.16. The summed E-state index contributed by atoms with van der Waals surface area (Å²) >= 11 is 0. The lowest BCUT2D eigenvalue weighted by atomic mass is 9.64. The van der Waals surface area contributed by atoms with Gasteiger partial charge in [-0.25, -0.2) is 0 Å². The molecule has 1 N–H and O–H groups in total. The van der Waals surface area contributed by atoms with Gasteiger partial charge >= 0.3 is 0 Å². The van der Waals surface area contributed by atoms with Crippen LogP contribution in [0.5, 0.6) is 0 Å². The molecule has 2 unspecified atom stereocenters. The average molecular weight is 321 g/mol. The quantitative estimate of drug-likeness (QED) is 0.881. The Bertz CT molecular complexity index is 869. The molecule has 2 bridgehead atoms. The van der Waals surface area contributed by atoms with Crippen LogP contribution in [-0.2, 0) is 9.59 Å². The zero-order chi connectivity index (χ0) is 17.2. The molecule has 0 saturated heterocycles. The summed E-state index contributed by atoms with van der Waals surface area (Å²) in [6, 6.07) is 14.1. The first-order valence-corrected chi connectivity index (χ1v) is 8.64. The molecule has 2 saturated carbocycles. The highest BCUT2D eigenvalue weighted by atomic mass is 16.2. The molecule has 3 nitrogen and oxygen atoms in total. The van der Waals surface area contributed by atoms with Crippen LogP contribution in [0, 0.1) is 16.2 Å². The monoisotopic (exact) mass is 321 g/mol. The number of hydrogen-bond donors (Lipinski definition) is 1. The molecular weight excluding hydrogens is 298 g/mol. The number of carbonyl (C=O) groups is 2. The number of carbonyl (C=O) groups excluding carboxylic acids is 2. The summed E-state index contributed by atoms with van der Waals surface area (Å²) in [7, 11) is 0. The molecule has 2 fully saturated rings. The Labute approximate surface area is 142 Å². The minimum atomic E-state index is -0.579. The highest BCUT2D eigenvalue weighted by Crippen LogP contribution is 2.70. The van der Waals surface area contributed by atoms with Gasteiger partial charge in [-0.05, 0) is 41.2 Å². The SMILES string of the molecule is CC12CCC(C(=O)Nc3ccc4ccccc4c3)(CC1=O)C2(C)C. The minimum absolute atomic E-state index is 0.00245. The van der Waals surface area contributed by atoms with E-state index in [1.54, 1.807) is 0 Å². The maximum absolute atomic E-state index is 13.2. The standard InChI is InChI=1S/C21H23NO2/c1-19(2)20(3)10-11-21(19,13-17(20)23)18(24)22-16-9-8-14-6-4-5-7-15(14)12-16/h4-9,12H,10-11,13H2,1-3H3,(H,22,24). The van der Waals surface area contributed by atoms with Crippen LogP contribution in [0.4, 0.5) is 5.69 Å². The molecule has 124 valence electrons. The molecular formula is C21H23NO2. The zero-order valence-corrected chi connectivity index (χ0v) is 14.5. The number of anilines is 1. The second kappa shape index (κ2) is 4.69. The predicted molar refractivity (Wildman–Crippen MR) is 95.8 cm³/mol. The number of amides is 1. The second-order valence-corrected chi connectivity index (χ2v) is 8.16. The van der Waals surface area contributed by atoms with Gasteiger partial charge in [0.05, 0.1) is 5.41 Å². The summed E-state index contributed by atoms with van der Waals surface area (Å²) in [4.78, 5) is 25.7. The normalized spacial score (nSPS) is 30.7. The maximum atomic E-state index is 13.2. The van der Waals surface area contributed by atoms with E-state index < -0.39 is 5.41 Å². The third-order valence-corrected chi connectivity index (χ3v) is 7.15. The lowest BCUT2D eigenvalue weighted by Crippen LogP contribution is -2.43. The fourth-order valence-electron chi connectivity index (χ4n) is 4.88. The van der Waals surface area contributed by atoms with Gasteiger partial charge < -0.3 is 5.32 Å². The molecule has 2 aliphatic carbocycles. The van der Waals surface area contributed by atoms with E-state index >= 15 is 0 Å². The van der Waals surface area contributed by atoms with Crippen LogP contribution in [0.15, 0.2) is 42.5 Å². The number of ketones is 1. The summed E-state index contributed by atoms with van der Waals surface area (Å²) in [5.41, 5.74) is -0.451. The van der Waals surface area contributed by atoms with E-state index in [4.69, 9.17) is 0 Å². The number of rotatable bonds is 2. The van der Waals surface area contributed by atoms with Crippen LogP contribution in [0.3, 0.4) is 0 Å². The first-order chi connectivity index (χ1) is 11.3. The van der Waals surface area contributed by atoms with Crippen molar-refractivity contribution in [2.45, 2.75) is 40.0 Å². The summed E-state index contributed by atoms with van der Waals surface area (Å²) in [5.74, 6) is 0.241. The molecule has 2 aliphatic rings. The first-order valence-electron chi connectivity index (χ1n) is 8.64. The fraction of sp³-hybridized carbons (Fsp3) is 0.429. The smallest absolute Gasteiger partial charge is 0.231 e. The summed E-state index contributed by atoms with van der Waals surface area (Å²) < 4.78 is 0. The highest BCUT2D eigenvalue weighted by Gasteiger charge is 2.72. The zero-order valence-electron chi connectivity index (χ0n) is 14.5. The minimum Gasteiger partial charge on any atom is -0.326 e. The third kappa shape index (κ3) is 1.73. The van der Waals surface area contributed by atoms with Gasteiger partial charge in [-0.3, -0.25) is 9.59 Å². The van der Waals surface area contributed by atoms with Crippen LogP contribution in [0.25, 0.3) is 10.8 Å². The van der Waals surface area contributed by atoms with Crippen molar-refractivity contribution in [3.8, 4) is 0 Å². The number of fused-ring (bicyclic) bond motifs is 3. The van der Waals surface area contributed by atoms with Crippen LogP contribution in [-0.4, -0.2) is 11.7 Å². The average Bonchev–Trinajstić information content (AvgIpc) is 2.85. The van der Waals surface area contributed by atoms with Crippen molar-refractivity contribution >= 4 is 28.2 Å². The van der Waals surface area contributed by atoms with E-state index in [0.717, 1.165) is 29.3 Å². The Balaban J connectivity index is 1.68. The summed E-state index contributed by atoms with van der Waals surface area (Å²) in [5, 5.41) is 5.35. The van der Waals surface area contributed by atoms with Gasteiger partial charge in [-0.2, -0.15) is 0 Å². The van der Waals surface area contributed by atoms with Crippen molar-refractivity contribution in [1.29, 1.82) is 0 Å². The maximum Gasteiger partial charge on any atom is 0.231 e. The summed E-state index contributed by atoms with van der Waals surface area (Å²) in [6.07, 6.45) is 1.97. The summed E-state index contributed by atoms with van der Waals surface area (Å²) in [6.45, 7) is 6.21. The highest BCUT2D eigenvalue weighted by molar-refractivity contribution is 6.05. The largest absolute Gasteiger partial charge is 0.326 e. The van der Waals surface area contributed by atoms with E-state index in [1.165, 1.54) is 0 Å². The van der Waals surface area contributed by atoms with Crippen molar-refractivity contribution < 1.29 is 9.59 Å². The Morgan fingerprint density at radius 3 is 2.33 bits per heavy atom. The van der Waals surface area contributed by atoms with Crippen molar-refractivity contribution in [1.82, 2.24) is 0 Å². The van der Waals surface area contributed by atoms with Crippen molar-refractivity contribution in [2.24, 2.45) is 16.2 Å². The van der Waals surface area contributed by atoms with E-state index in [2.05, 4.69) is 25.2 Å². The van der Waals surface area contributed by atoms with Gasteiger partial charge in [-0.15, -0.1) is 0 Å². The van der Waals surface area contributed by atoms with E-state index in [-0.39, 0.29) is 22.5 Å². The molecule has 0 spiro atoms. The molecule has 2 atom stereocenters. The van der Waals surface area contributed by atoms with Crippen LogP contribution in [0.2, 0.25) is 0 Å². The van der Waals surface area contributed by atoms with Gasteiger partial charge in [0.15, 0.2) is 0 Å². The molecule has 2 aromatic rings. The molecule has 0 aliphatic heterocycles. The first kappa shape index (κ1) is 15.4. The predicted octanol–water partition coefficient (Wildman–Crippen LogP) is 4.56. The number of Topliss-reactive ketones (excluding diaryl/α,β-unsaturated/α-hetero) is 1. The van der Waals surface area contributed by atoms with Crippen LogP contribution in [0.1, 0.15) is 40.0 Å².